The van der Waals surface area contributed by atoms with E-state index in [2.05, 4.69) is 21.9 Å². The van der Waals surface area contributed by atoms with Crippen LogP contribution in [0.15, 0.2) is 54.7 Å². The highest BCUT2D eigenvalue weighted by molar-refractivity contribution is 7.11. The first kappa shape index (κ1) is 21.8. The van der Waals surface area contributed by atoms with Crippen molar-refractivity contribution in [2.45, 2.75) is 39.0 Å². The molecule has 0 saturated heterocycles. The number of pyridine rings is 1. The average Bonchev–Trinajstić information content (AvgIpc) is 3.45. The Morgan fingerprint density at radius 3 is 2.77 bits per heavy atom. The van der Waals surface area contributed by atoms with Crippen LogP contribution in [0.2, 0.25) is 0 Å². The highest BCUT2D eigenvalue weighted by atomic mass is 32.1. The van der Waals surface area contributed by atoms with Crippen LogP contribution in [0.4, 0.5) is 0 Å². The highest BCUT2D eigenvalue weighted by Crippen LogP contribution is 2.30. The quantitative estimate of drug-likeness (QED) is 0.322. The molecule has 0 aliphatic heterocycles. The number of H-pyrrole nitrogens is 1. The Labute approximate surface area is 206 Å². The molecule has 1 aliphatic carbocycles. The second-order valence-corrected chi connectivity index (χ2v) is 10.5. The monoisotopic (exact) mass is 480 g/mol. The molecule has 0 radical (unpaired) electrons. The van der Waals surface area contributed by atoms with Gasteiger partial charge in [0.25, 0.3) is 0 Å². The summed E-state index contributed by atoms with van der Waals surface area (Å²) in [6.45, 7) is 2.27. The maximum Gasteiger partial charge on any atom is 0.188 e. The molecule has 3 heterocycles. The Balaban J connectivity index is 1.23. The summed E-state index contributed by atoms with van der Waals surface area (Å²) in [5, 5.41) is 2.84. The maximum absolute atomic E-state index is 13.2. The van der Waals surface area contributed by atoms with Crippen molar-refractivity contribution in [1.29, 1.82) is 0 Å². The van der Waals surface area contributed by atoms with Crippen LogP contribution in [-0.2, 0) is 25.7 Å². The van der Waals surface area contributed by atoms with E-state index in [0.29, 0.717) is 28.5 Å². The van der Waals surface area contributed by atoms with Crippen LogP contribution in [0.3, 0.4) is 0 Å². The first-order valence-electron chi connectivity index (χ1n) is 11.9. The molecule has 5 aromatic rings. The van der Waals surface area contributed by atoms with E-state index in [4.69, 9.17) is 4.98 Å². The Hall–Kier alpha value is -3.71. The van der Waals surface area contributed by atoms with Crippen molar-refractivity contribution >= 4 is 44.7 Å². The van der Waals surface area contributed by atoms with Gasteiger partial charge in [0.05, 0.1) is 29.6 Å². The van der Waals surface area contributed by atoms with Crippen LogP contribution in [0.5, 0.6) is 0 Å². The summed E-state index contributed by atoms with van der Waals surface area (Å²) in [6.07, 6.45) is 5.29. The van der Waals surface area contributed by atoms with Gasteiger partial charge in [-0.1, -0.05) is 37.3 Å². The van der Waals surface area contributed by atoms with E-state index >= 15 is 0 Å². The second kappa shape index (κ2) is 8.82. The Kier molecular flexibility index (Phi) is 5.49. The number of thiazole rings is 1. The summed E-state index contributed by atoms with van der Waals surface area (Å²) in [5.41, 5.74) is 3.47. The molecule has 7 heteroatoms. The van der Waals surface area contributed by atoms with E-state index in [1.807, 2.05) is 42.5 Å². The summed E-state index contributed by atoms with van der Waals surface area (Å²) < 4.78 is 0. The number of hydrogen-bond acceptors (Lipinski definition) is 6. The van der Waals surface area contributed by atoms with Crippen LogP contribution in [0.25, 0.3) is 21.8 Å². The molecule has 1 aliphatic rings. The Morgan fingerprint density at radius 1 is 1.03 bits per heavy atom. The maximum atomic E-state index is 13.2. The molecular formula is C28H24N4O2S. The van der Waals surface area contributed by atoms with Crippen LogP contribution < -0.4 is 0 Å². The van der Waals surface area contributed by atoms with Gasteiger partial charge in [0, 0.05) is 22.0 Å². The lowest BCUT2D eigenvalue weighted by molar-refractivity contribution is 0.0982. The molecule has 2 aromatic carbocycles. The number of benzene rings is 2. The van der Waals surface area contributed by atoms with E-state index in [9.17, 15) is 9.59 Å². The number of imidazole rings is 1. The number of Topliss-reactive ketones (excluding diaryl/α,β-unsaturated/α-hetero) is 2. The minimum Gasteiger partial charge on any atom is -0.342 e. The van der Waals surface area contributed by atoms with Crippen LogP contribution in [-0.4, -0.2) is 31.5 Å². The molecule has 3 aromatic heterocycles. The van der Waals surface area contributed by atoms with Gasteiger partial charge in [-0.2, -0.15) is 0 Å². The number of nitrogens with zero attached hydrogens (tertiary/aromatic N) is 3. The zero-order chi connectivity index (χ0) is 23.9. The first-order chi connectivity index (χ1) is 17.0. The fourth-order valence-corrected chi connectivity index (χ4v) is 6.05. The number of ketones is 2. The largest absolute Gasteiger partial charge is 0.342 e. The standard InChI is InChI=1S/C28H24N4O2S/c1-16-9-10-20-25(11-16)35-27(31-20)14-23(33)19-7-4-8-21-28(19)32-26(30-21)13-24(34)22-12-17-5-2-3-6-18(17)15-29-22/h2-8,12,15-16H,9-11,13-14H2,1H3,(H,30,32). The molecule has 1 N–H and O–H groups in total. The molecule has 6 nitrogen and oxygen atoms in total. The van der Waals surface area contributed by atoms with Gasteiger partial charge in [-0.25, -0.2) is 9.97 Å². The number of nitrogens with one attached hydrogen (secondary N) is 1. The van der Waals surface area contributed by atoms with Crippen LogP contribution in [0, 0.1) is 5.92 Å². The third-order valence-electron chi connectivity index (χ3n) is 6.65. The van der Waals surface area contributed by atoms with Gasteiger partial charge in [0.1, 0.15) is 16.5 Å². The van der Waals surface area contributed by atoms with Crippen molar-refractivity contribution in [3.8, 4) is 0 Å². The lowest BCUT2D eigenvalue weighted by atomic mass is 9.93. The van der Waals surface area contributed by atoms with E-state index < -0.39 is 0 Å². The third kappa shape index (κ3) is 4.28. The van der Waals surface area contributed by atoms with Gasteiger partial charge < -0.3 is 4.98 Å². The third-order valence-corrected chi connectivity index (χ3v) is 7.77. The van der Waals surface area contributed by atoms with Gasteiger partial charge in [0.2, 0.25) is 0 Å². The van der Waals surface area contributed by atoms with Crippen LogP contribution >= 0.6 is 11.3 Å². The number of aromatic amines is 1. The van der Waals surface area contributed by atoms with Crippen molar-refractivity contribution in [1.82, 2.24) is 19.9 Å². The number of para-hydroxylation sites is 1. The van der Waals surface area contributed by atoms with Gasteiger partial charge in [-0.3, -0.25) is 14.6 Å². The summed E-state index contributed by atoms with van der Waals surface area (Å²) in [5.74, 6) is 1.08. The van der Waals surface area contributed by atoms with Crippen molar-refractivity contribution in [2.75, 3.05) is 0 Å². The molecule has 6 rings (SSSR count). The predicted molar refractivity (Wildman–Crippen MR) is 137 cm³/mol. The fourth-order valence-electron chi connectivity index (χ4n) is 4.77. The molecule has 0 amide bonds. The van der Waals surface area contributed by atoms with E-state index in [-0.39, 0.29) is 24.4 Å². The molecule has 1 atom stereocenters. The first-order valence-corrected chi connectivity index (χ1v) is 12.7. The minimum atomic E-state index is -0.120. The topological polar surface area (TPSA) is 88.6 Å². The number of aryl methyl sites for hydroxylation is 1. The van der Waals surface area contributed by atoms with Gasteiger partial charge in [-0.05, 0) is 48.8 Å². The van der Waals surface area contributed by atoms with E-state index in [1.165, 1.54) is 4.88 Å². The number of carbonyl (C=O) groups is 2. The lowest BCUT2D eigenvalue weighted by Gasteiger charge is -2.15. The van der Waals surface area contributed by atoms with Gasteiger partial charge in [-0.15, -0.1) is 11.3 Å². The molecule has 0 saturated carbocycles. The van der Waals surface area contributed by atoms with Crippen molar-refractivity contribution in [2.24, 2.45) is 5.92 Å². The predicted octanol–water partition coefficient (Wildman–Crippen LogP) is 5.54. The molecule has 35 heavy (non-hydrogen) atoms. The molecule has 0 spiro atoms. The van der Waals surface area contributed by atoms with Crippen molar-refractivity contribution in [3.05, 3.63) is 87.4 Å². The van der Waals surface area contributed by atoms with Crippen molar-refractivity contribution < 1.29 is 9.59 Å². The minimum absolute atomic E-state index is 0.00434. The summed E-state index contributed by atoms with van der Waals surface area (Å²) in [6, 6.07) is 15.2. The van der Waals surface area contributed by atoms with E-state index in [1.54, 1.807) is 23.6 Å². The summed E-state index contributed by atoms with van der Waals surface area (Å²) in [7, 11) is 0. The molecule has 0 bridgehead atoms. The van der Waals surface area contributed by atoms with Crippen LogP contribution in [0.1, 0.15) is 55.6 Å². The van der Waals surface area contributed by atoms with Gasteiger partial charge in [0.15, 0.2) is 11.6 Å². The number of fused-ring (bicyclic) bond motifs is 3. The second-order valence-electron chi connectivity index (χ2n) is 9.33. The molecule has 0 fully saturated rings. The number of aromatic nitrogens is 4. The Bertz CT molecular complexity index is 1600. The fraction of sp³-hybridized carbons (Fsp3) is 0.250. The normalized spacial score (nSPS) is 15.4. The molecule has 1 unspecified atom stereocenters. The number of carbonyl (C=O) groups excluding carboxylic acids is 2. The average molecular weight is 481 g/mol. The zero-order valence-electron chi connectivity index (χ0n) is 19.4. The lowest BCUT2D eigenvalue weighted by Crippen LogP contribution is -2.09. The number of rotatable bonds is 6. The number of hydrogen-bond donors (Lipinski definition) is 1. The summed E-state index contributed by atoms with van der Waals surface area (Å²) >= 11 is 1.67. The smallest absolute Gasteiger partial charge is 0.188 e. The zero-order valence-corrected chi connectivity index (χ0v) is 20.2. The van der Waals surface area contributed by atoms with Crippen molar-refractivity contribution in [3.63, 3.8) is 0 Å². The molecular weight excluding hydrogens is 456 g/mol. The Morgan fingerprint density at radius 2 is 1.89 bits per heavy atom. The SMILES string of the molecule is CC1CCc2nc(CC(=O)c3cccc4[nH]c(CC(=O)c5cc6ccccc6cn5)nc34)sc2C1. The van der Waals surface area contributed by atoms with Gasteiger partial charge >= 0.3 is 0 Å². The summed E-state index contributed by atoms with van der Waals surface area (Å²) in [4.78, 5) is 44.4. The van der Waals surface area contributed by atoms with E-state index in [0.717, 1.165) is 46.3 Å². The highest BCUT2D eigenvalue weighted by Gasteiger charge is 2.22. The molecule has 174 valence electrons.